The summed E-state index contributed by atoms with van der Waals surface area (Å²) in [5.41, 5.74) is 6.62. The molecule has 0 unspecified atom stereocenters. The average Bonchev–Trinajstić information content (AvgIpc) is 2.39. The molecule has 0 aliphatic rings. The molecule has 0 atom stereocenters. The highest BCUT2D eigenvalue weighted by Gasteiger charge is 2.01. The SMILES string of the molecule is CN(C)c1ccc(-c2cc(NN)ccn2)cc1. The Balaban J connectivity index is 2.32. The van der Waals surface area contributed by atoms with Gasteiger partial charge in [0.25, 0.3) is 0 Å². The van der Waals surface area contributed by atoms with E-state index in [-0.39, 0.29) is 0 Å². The zero-order valence-corrected chi connectivity index (χ0v) is 10.0. The average molecular weight is 228 g/mol. The molecule has 17 heavy (non-hydrogen) atoms. The first-order valence-corrected chi connectivity index (χ1v) is 5.41. The summed E-state index contributed by atoms with van der Waals surface area (Å²) in [6.45, 7) is 0. The molecule has 0 amide bonds. The van der Waals surface area contributed by atoms with Gasteiger partial charge in [0.05, 0.1) is 11.4 Å². The van der Waals surface area contributed by atoms with Crippen LogP contribution < -0.4 is 16.2 Å². The highest BCUT2D eigenvalue weighted by Crippen LogP contribution is 2.22. The maximum absolute atomic E-state index is 5.38. The van der Waals surface area contributed by atoms with Crippen LogP contribution in [0.4, 0.5) is 11.4 Å². The number of nitrogen functional groups attached to an aromatic ring is 1. The summed E-state index contributed by atoms with van der Waals surface area (Å²) in [7, 11) is 4.04. The number of nitrogens with two attached hydrogens (primary N) is 1. The van der Waals surface area contributed by atoms with E-state index in [0.717, 1.165) is 16.9 Å². The van der Waals surface area contributed by atoms with Crippen molar-refractivity contribution in [3.63, 3.8) is 0 Å². The molecule has 0 aliphatic heterocycles. The Hall–Kier alpha value is -2.07. The smallest absolute Gasteiger partial charge is 0.0723 e. The number of pyridine rings is 1. The minimum atomic E-state index is 0.853. The Morgan fingerprint density at radius 2 is 1.82 bits per heavy atom. The van der Waals surface area contributed by atoms with Gasteiger partial charge in [-0.15, -0.1) is 0 Å². The Labute approximate surface area is 101 Å². The zero-order valence-electron chi connectivity index (χ0n) is 10.0. The first-order valence-electron chi connectivity index (χ1n) is 5.41. The van der Waals surface area contributed by atoms with E-state index in [4.69, 9.17) is 5.84 Å². The van der Waals surface area contributed by atoms with Crippen LogP contribution in [0.2, 0.25) is 0 Å². The molecule has 0 fully saturated rings. The molecule has 1 heterocycles. The van der Waals surface area contributed by atoms with Crippen molar-refractivity contribution in [3.05, 3.63) is 42.6 Å². The minimum absolute atomic E-state index is 0.853. The number of hydrogen-bond donors (Lipinski definition) is 2. The number of aromatic nitrogens is 1. The van der Waals surface area contributed by atoms with Crippen molar-refractivity contribution >= 4 is 11.4 Å². The lowest BCUT2D eigenvalue weighted by molar-refractivity contribution is 1.13. The number of anilines is 2. The van der Waals surface area contributed by atoms with Crippen molar-refractivity contribution in [3.8, 4) is 11.3 Å². The van der Waals surface area contributed by atoms with Gasteiger partial charge in [-0.05, 0) is 24.3 Å². The molecule has 1 aromatic heterocycles. The molecule has 0 radical (unpaired) electrons. The van der Waals surface area contributed by atoms with E-state index in [9.17, 15) is 0 Å². The number of hydrazine groups is 1. The van der Waals surface area contributed by atoms with E-state index in [0.29, 0.717) is 0 Å². The molecule has 0 saturated carbocycles. The second-order valence-corrected chi connectivity index (χ2v) is 4.02. The number of nitrogens with one attached hydrogen (secondary N) is 1. The van der Waals surface area contributed by atoms with Gasteiger partial charge in [-0.2, -0.15) is 0 Å². The quantitative estimate of drug-likeness (QED) is 0.624. The van der Waals surface area contributed by atoms with Crippen molar-refractivity contribution < 1.29 is 0 Å². The number of nitrogens with zero attached hydrogens (tertiary/aromatic N) is 2. The van der Waals surface area contributed by atoms with E-state index < -0.39 is 0 Å². The van der Waals surface area contributed by atoms with Crippen LogP contribution >= 0.6 is 0 Å². The van der Waals surface area contributed by atoms with Crippen LogP contribution in [0.25, 0.3) is 11.3 Å². The van der Waals surface area contributed by atoms with Gasteiger partial charge in [-0.3, -0.25) is 10.8 Å². The zero-order chi connectivity index (χ0) is 12.3. The summed E-state index contributed by atoms with van der Waals surface area (Å²) < 4.78 is 0. The molecule has 0 spiro atoms. The van der Waals surface area contributed by atoms with E-state index in [2.05, 4.69) is 39.6 Å². The summed E-state index contributed by atoms with van der Waals surface area (Å²) >= 11 is 0. The summed E-state index contributed by atoms with van der Waals surface area (Å²) in [6.07, 6.45) is 1.74. The second-order valence-electron chi connectivity index (χ2n) is 4.02. The van der Waals surface area contributed by atoms with Crippen LogP contribution in [-0.2, 0) is 0 Å². The minimum Gasteiger partial charge on any atom is -0.378 e. The molecule has 2 aromatic rings. The van der Waals surface area contributed by atoms with Crippen LogP contribution in [-0.4, -0.2) is 19.1 Å². The molecule has 1 aromatic carbocycles. The largest absolute Gasteiger partial charge is 0.378 e. The highest BCUT2D eigenvalue weighted by molar-refractivity contribution is 5.66. The van der Waals surface area contributed by atoms with Gasteiger partial charge < -0.3 is 10.3 Å². The van der Waals surface area contributed by atoms with Gasteiger partial charge in [0, 0.05) is 31.5 Å². The number of benzene rings is 1. The van der Waals surface area contributed by atoms with Crippen molar-refractivity contribution in [2.75, 3.05) is 24.4 Å². The van der Waals surface area contributed by atoms with E-state index in [1.54, 1.807) is 6.20 Å². The molecular weight excluding hydrogens is 212 g/mol. The Morgan fingerprint density at radius 3 is 2.41 bits per heavy atom. The van der Waals surface area contributed by atoms with Gasteiger partial charge in [0.15, 0.2) is 0 Å². The van der Waals surface area contributed by atoms with Crippen molar-refractivity contribution in [1.29, 1.82) is 0 Å². The van der Waals surface area contributed by atoms with Crippen LogP contribution in [0.3, 0.4) is 0 Å². The number of rotatable bonds is 3. The maximum atomic E-state index is 5.38. The van der Waals surface area contributed by atoms with E-state index >= 15 is 0 Å². The second kappa shape index (κ2) is 4.84. The third kappa shape index (κ3) is 2.54. The summed E-state index contributed by atoms with van der Waals surface area (Å²) in [5, 5.41) is 0. The van der Waals surface area contributed by atoms with Crippen LogP contribution in [0.5, 0.6) is 0 Å². The van der Waals surface area contributed by atoms with Gasteiger partial charge in [0.2, 0.25) is 0 Å². The fourth-order valence-electron chi connectivity index (χ4n) is 1.61. The fraction of sp³-hybridized carbons (Fsp3) is 0.154. The summed E-state index contributed by atoms with van der Waals surface area (Å²) in [4.78, 5) is 6.39. The van der Waals surface area contributed by atoms with Gasteiger partial charge >= 0.3 is 0 Å². The maximum Gasteiger partial charge on any atom is 0.0723 e. The Morgan fingerprint density at radius 1 is 1.12 bits per heavy atom. The first-order chi connectivity index (χ1) is 8.20. The molecule has 4 nitrogen and oxygen atoms in total. The molecule has 0 aliphatic carbocycles. The fourth-order valence-corrected chi connectivity index (χ4v) is 1.61. The lowest BCUT2D eigenvalue weighted by atomic mass is 10.1. The topological polar surface area (TPSA) is 54.2 Å². The first kappa shape index (κ1) is 11.4. The molecule has 3 N–H and O–H groups in total. The van der Waals surface area contributed by atoms with E-state index in [1.807, 2.05) is 26.2 Å². The molecule has 0 bridgehead atoms. The van der Waals surface area contributed by atoms with Crippen LogP contribution in [0.15, 0.2) is 42.6 Å². The lowest BCUT2D eigenvalue weighted by Crippen LogP contribution is -2.08. The predicted molar refractivity (Wildman–Crippen MR) is 71.8 cm³/mol. The van der Waals surface area contributed by atoms with Crippen molar-refractivity contribution in [2.24, 2.45) is 5.84 Å². The van der Waals surface area contributed by atoms with Gasteiger partial charge in [-0.25, -0.2) is 0 Å². The normalized spacial score (nSPS) is 10.1. The van der Waals surface area contributed by atoms with Gasteiger partial charge in [-0.1, -0.05) is 12.1 Å². The number of hydrogen-bond acceptors (Lipinski definition) is 4. The molecule has 2 rings (SSSR count). The van der Waals surface area contributed by atoms with Crippen molar-refractivity contribution in [1.82, 2.24) is 4.98 Å². The Kier molecular flexibility index (Phi) is 3.25. The predicted octanol–water partition coefficient (Wildman–Crippen LogP) is 2.10. The van der Waals surface area contributed by atoms with Crippen LogP contribution in [0, 0.1) is 0 Å². The van der Waals surface area contributed by atoms with Crippen molar-refractivity contribution in [2.45, 2.75) is 0 Å². The highest BCUT2D eigenvalue weighted by atomic mass is 15.2. The van der Waals surface area contributed by atoms with Crippen LogP contribution in [0.1, 0.15) is 0 Å². The lowest BCUT2D eigenvalue weighted by Gasteiger charge is -2.12. The van der Waals surface area contributed by atoms with E-state index in [1.165, 1.54) is 5.69 Å². The Bertz CT molecular complexity index is 491. The third-order valence-corrected chi connectivity index (χ3v) is 2.61. The van der Waals surface area contributed by atoms with Gasteiger partial charge in [0.1, 0.15) is 0 Å². The third-order valence-electron chi connectivity index (χ3n) is 2.61. The summed E-state index contributed by atoms with van der Waals surface area (Å²) in [6, 6.07) is 12.0. The molecule has 0 saturated heterocycles. The summed E-state index contributed by atoms with van der Waals surface area (Å²) in [5.74, 6) is 5.38. The molecule has 88 valence electrons. The monoisotopic (exact) mass is 228 g/mol. The standard InChI is InChI=1S/C13H16N4/c1-17(2)12-5-3-10(4-6-12)13-9-11(16-14)7-8-15-13/h3-9H,14H2,1-2H3,(H,15,16). The molecular formula is C13H16N4. The molecule has 4 heteroatoms.